The van der Waals surface area contributed by atoms with Crippen LogP contribution < -0.4 is 15.8 Å². The number of allylic oxidation sites excluding steroid dienone is 1. The first-order valence-electron chi connectivity index (χ1n) is 15.6. The average Bonchev–Trinajstić information content (AvgIpc) is 3.86. The standard InChI is InChI=1S/C31H36N12O2S/c1-18(22-7-5-11-42(22)2)44-25-12-24(36-14-19(40-34)15-43-17-35-16-37-43)38-30(39-25)27-20-6-3-9-31(28(20)45-41-27)10-4-8-23-26(31)21(13-32)29(33)46-23/h12,14,16-18,22,34H,3-11,15,33H2,1-2H3,(H,36,38,39)/b19-14-,40-34?/t18-,22-,31-/m0/s1. The highest BCUT2D eigenvalue weighted by molar-refractivity contribution is 7.16. The van der Waals surface area contributed by atoms with E-state index in [0.717, 1.165) is 74.8 Å². The summed E-state index contributed by atoms with van der Waals surface area (Å²) in [5.41, 5.74) is 17.1. The Balaban J connectivity index is 1.27. The molecule has 1 aliphatic heterocycles. The van der Waals surface area contributed by atoms with E-state index < -0.39 is 5.41 Å². The molecule has 0 bridgehead atoms. The summed E-state index contributed by atoms with van der Waals surface area (Å²) >= 11 is 1.52. The molecular weight excluding hydrogens is 604 g/mol. The molecule has 1 saturated heterocycles. The number of rotatable bonds is 9. The Bertz CT molecular complexity index is 1820. The smallest absolute Gasteiger partial charge is 0.219 e. The first-order chi connectivity index (χ1) is 22.4. The Labute approximate surface area is 270 Å². The number of aromatic nitrogens is 6. The zero-order valence-corrected chi connectivity index (χ0v) is 26.7. The molecule has 1 spiro atoms. The van der Waals surface area contributed by atoms with E-state index in [-0.39, 0.29) is 18.7 Å². The van der Waals surface area contributed by atoms with Crippen molar-refractivity contribution in [1.82, 2.24) is 34.8 Å². The van der Waals surface area contributed by atoms with Gasteiger partial charge in [0.2, 0.25) is 5.88 Å². The second-order valence-corrected chi connectivity index (χ2v) is 13.4. The maximum absolute atomic E-state index is 10.1. The summed E-state index contributed by atoms with van der Waals surface area (Å²) in [5.74, 6) is 2.04. The van der Waals surface area contributed by atoms with Crippen molar-refractivity contribution in [2.45, 2.75) is 82.4 Å². The predicted molar refractivity (Wildman–Crippen MR) is 170 cm³/mol. The normalized spacial score (nSPS) is 21.8. The Kier molecular flexibility index (Phi) is 7.99. The van der Waals surface area contributed by atoms with Crippen molar-refractivity contribution >= 4 is 22.2 Å². The number of hydrogen-bond donors (Lipinski definition) is 3. The molecule has 238 valence electrons. The molecule has 4 aromatic rings. The van der Waals surface area contributed by atoms with Crippen LogP contribution in [0.2, 0.25) is 0 Å². The van der Waals surface area contributed by atoms with Crippen molar-refractivity contribution in [3.8, 4) is 23.5 Å². The third-order valence-electron chi connectivity index (χ3n) is 9.52. The van der Waals surface area contributed by atoms with E-state index in [1.807, 2.05) is 0 Å². The van der Waals surface area contributed by atoms with Crippen LogP contribution in [0.1, 0.15) is 72.8 Å². The predicted octanol–water partition coefficient (Wildman–Crippen LogP) is 5.04. The molecule has 0 unspecified atom stereocenters. The van der Waals surface area contributed by atoms with Crippen molar-refractivity contribution in [3.05, 3.63) is 57.9 Å². The summed E-state index contributed by atoms with van der Waals surface area (Å²) in [7, 11) is 2.12. The van der Waals surface area contributed by atoms with Gasteiger partial charge in [-0.1, -0.05) is 5.16 Å². The van der Waals surface area contributed by atoms with Crippen LogP contribution in [-0.2, 0) is 24.8 Å². The molecule has 15 heteroatoms. The molecule has 1 fully saturated rings. The van der Waals surface area contributed by atoms with Crippen LogP contribution in [0.15, 0.2) is 40.3 Å². The summed E-state index contributed by atoms with van der Waals surface area (Å²) in [4.78, 5) is 17.1. The number of hydrogen-bond acceptors (Lipinski definition) is 14. The van der Waals surface area contributed by atoms with Gasteiger partial charge in [0.15, 0.2) is 17.3 Å². The Morgan fingerprint density at radius 1 is 1.35 bits per heavy atom. The first kappa shape index (κ1) is 30.0. The zero-order chi connectivity index (χ0) is 31.8. The van der Waals surface area contributed by atoms with E-state index in [0.29, 0.717) is 39.5 Å². The SMILES string of the molecule is C[C@H](Oc1cc(N/C=C(/Cn2cncn2)N=N)nc(-c2noc3c2CCC[C@@]32CCCc3sc(N)c(C#N)c32)n1)[C@@H]1CCCN1C. The molecular formula is C31H36N12O2S. The molecule has 0 amide bonds. The van der Waals surface area contributed by atoms with Crippen LogP contribution in [0, 0.1) is 16.9 Å². The van der Waals surface area contributed by atoms with Gasteiger partial charge in [-0.05, 0) is 77.4 Å². The number of anilines is 2. The highest BCUT2D eigenvalue weighted by Gasteiger charge is 2.48. The lowest BCUT2D eigenvalue weighted by Crippen LogP contribution is -2.38. The summed E-state index contributed by atoms with van der Waals surface area (Å²) in [6, 6.07) is 4.40. The molecule has 14 nitrogen and oxygen atoms in total. The number of fused-ring (bicyclic) bond motifs is 4. The monoisotopic (exact) mass is 640 g/mol. The number of likely N-dealkylation sites (tertiary alicyclic amines) is 1. The van der Waals surface area contributed by atoms with Crippen molar-refractivity contribution < 1.29 is 9.26 Å². The molecule has 3 aliphatic rings. The Morgan fingerprint density at radius 3 is 2.93 bits per heavy atom. The minimum Gasteiger partial charge on any atom is -0.473 e. The van der Waals surface area contributed by atoms with Gasteiger partial charge in [-0.2, -0.15) is 20.5 Å². The molecule has 7 rings (SSSR count). The van der Waals surface area contributed by atoms with Gasteiger partial charge >= 0.3 is 0 Å². The van der Waals surface area contributed by atoms with E-state index in [1.54, 1.807) is 23.3 Å². The second kappa shape index (κ2) is 12.3. The topological polar surface area (TPSA) is 193 Å². The van der Waals surface area contributed by atoms with Crippen molar-refractivity contribution in [1.29, 1.82) is 10.8 Å². The van der Waals surface area contributed by atoms with E-state index >= 15 is 0 Å². The minimum absolute atomic E-state index is 0.103. The van der Waals surface area contributed by atoms with Crippen LogP contribution >= 0.6 is 11.3 Å². The fraction of sp³-hybridized carbons (Fsp3) is 0.484. The molecule has 0 saturated carbocycles. The van der Waals surface area contributed by atoms with E-state index in [4.69, 9.17) is 30.5 Å². The number of nitrogen functional groups attached to an aromatic ring is 1. The number of ether oxygens (including phenoxy) is 1. The number of thiophene rings is 1. The van der Waals surface area contributed by atoms with Gasteiger partial charge in [0, 0.05) is 28.7 Å². The van der Waals surface area contributed by atoms with E-state index in [9.17, 15) is 5.26 Å². The van der Waals surface area contributed by atoms with E-state index in [1.165, 1.54) is 22.5 Å². The maximum Gasteiger partial charge on any atom is 0.219 e. The Morgan fingerprint density at radius 2 is 2.20 bits per heavy atom. The molecule has 46 heavy (non-hydrogen) atoms. The van der Waals surface area contributed by atoms with Gasteiger partial charge in [-0.3, -0.25) is 4.90 Å². The molecule has 0 radical (unpaired) electrons. The minimum atomic E-state index is -0.447. The third kappa shape index (κ3) is 5.31. The van der Waals surface area contributed by atoms with Crippen LogP contribution in [0.25, 0.3) is 11.5 Å². The highest BCUT2D eigenvalue weighted by Crippen LogP contribution is 2.55. The fourth-order valence-corrected chi connectivity index (χ4v) is 8.59. The number of nitriles is 1. The molecule has 2 aliphatic carbocycles. The van der Waals surface area contributed by atoms with Crippen molar-refractivity contribution in [3.63, 3.8) is 0 Å². The fourth-order valence-electron chi connectivity index (χ4n) is 7.43. The summed E-state index contributed by atoms with van der Waals surface area (Å²) < 4.78 is 14.3. The lowest BCUT2D eigenvalue weighted by atomic mass is 9.63. The number of aryl methyl sites for hydroxylation is 1. The zero-order valence-electron chi connectivity index (χ0n) is 25.9. The van der Waals surface area contributed by atoms with Gasteiger partial charge in [-0.25, -0.2) is 20.2 Å². The molecule has 5 heterocycles. The highest BCUT2D eigenvalue weighted by atomic mass is 32.1. The number of likely N-dealkylation sites (N-methyl/N-ethyl adjacent to an activating group) is 1. The summed E-state index contributed by atoms with van der Waals surface area (Å²) in [6.45, 7) is 3.37. The van der Waals surface area contributed by atoms with Gasteiger partial charge in [0.1, 0.15) is 35.6 Å². The van der Waals surface area contributed by atoms with Crippen LogP contribution in [0.3, 0.4) is 0 Å². The van der Waals surface area contributed by atoms with Crippen molar-refractivity contribution in [2.75, 3.05) is 24.6 Å². The third-order valence-corrected chi connectivity index (χ3v) is 10.6. The van der Waals surface area contributed by atoms with Crippen LogP contribution in [0.5, 0.6) is 5.88 Å². The van der Waals surface area contributed by atoms with Gasteiger partial charge in [-0.15, -0.1) is 11.3 Å². The maximum atomic E-state index is 10.1. The lowest BCUT2D eigenvalue weighted by Gasteiger charge is -2.39. The number of nitrogens with zero attached hydrogens (tertiary/aromatic N) is 9. The summed E-state index contributed by atoms with van der Waals surface area (Å²) in [5, 5.41) is 26.2. The number of nitrogens with one attached hydrogen (secondary N) is 2. The first-order valence-corrected chi connectivity index (χ1v) is 16.4. The van der Waals surface area contributed by atoms with Gasteiger partial charge in [0.25, 0.3) is 0 Å². The van der Waals surface area contributed by atoms with Crippen LogP contribution in [-0.4, -0.2) is 60.5 Å². The molecule has 0 aromatic carbocycles. The number of nitrogens with two attached hydrogens (primary N) is 1. The summed E-state index contributed by atoms with van der Waals surface area (Å²) in [6.07, 6.45) is 12.0. The van der Waals surface area contributed by atoms with Crippen LogP contribution in [0.4, 0.5) is 10.8 Å². The van der Waals surface area contributed by atoms with Gasteiger partial charge in [0.05, 0.1) is 23.2 Å². The molecule has 4 aromatic heterocycles. The lowest BCUT2D eigenvalue weighted by molar-refractivity contribution is 0.117. The Hall–Kier alpha value is -4.68. The molecule has 3 atom stereocenters. The molecule has 4 N–H and O–H groups in total. The second-order valence-electron chi connectivity index (χ2n) is 12.3. The quantitative estimate of drug-likeness (QED) is 0.207. The average molecular weight is 641 g/mol. The largest absolute Gasteiger partial charge is 0.473 e. The van der Waals surface area contributed by atoms with Crippen molar-refractivity contribution in [2.24, 2.45) is 5.11 Å². The van der Waals surface area contributed by atoms with Gasteiger partial charge < -0.3 is 20.3 Å². The van der Waals surface area contributed by atoms with E-state index in [2.05, 4.69) is 50.6 Å².